The van der Waals surface area contributed by atoms with E-state index in [-0.39, 0.29) is 0 Å². The van der Waals surface area contributed by atoms with Gasteiger partial charge < -0.3 is 0 Å². The first-order chi connectivity index (χ1) is 13.3. The summed E-state index contributed by atoms with van der Waals surface area (Å²) in [6.45, 7) is 2.30. The van der Waals surface area contributed by atoms with Crippen molar-refractivity contribution in [2.24, 2.45) is 0 Å². The molecule has 0 N–H and O–H groups in total. The normalized spacial score (nSPS) is 11.6. The minimum atomic E-state index is 0.838. The van der Waals surface area contributed by atoms with Gasteiger partial charge in [0.15, 0.2) is 0 Å². The molecule has 2 heteroatoms. The summed E-state index contributed by atoms with van der Waals surface area (Å²) in [7, 11) is 0. The summed E-state index contributed by atoms with van der Waals surface area (Å²) >= 11 is 5.07. The van der Waals surface area contributed by atoms with E-state index in [4.69, 9.17) is 0 Å². The molecular weight excluding hydrogens is 554 g/mol. The highest BCUT2D eigenvalue weighted by Crippen LogP contribution is 2.19. The van der Waals surface area contributed by atoms with Gasteiger partial charge in [-0.3, -0.25) is 0 Å². The zero-order valence-corrected chi connectivity index (χ0v) is 22.9. The zero-order chi connectivity index (χ0) is 19.8. The molecule has 0 radical (unpaired) electrons. The lowest BCUT2D eigenvalue weighted by Crippen LogP contribution is -1.86. The van der Waals surface area contributed by atoms with Gasteiger partial charge in [-0.15, -0.1) is 0 Å². The minimum Gasteiger partial charge on any atom is -0.0710 e. The van der Waals surface area contributed by atoms with E-state index < -0.39 is 0 Å². The molecule has 0 saturated carbocycles. The average molecular weight is 604 g/mol. The van der Waals surface area contributed by atoms with Crippen molar-refractivity contribution in [1.29, 1.82) is 0 Å². The molecule has 0 saturated heterocycles. The maximum Gasteiger partial charge on any atom is 0.0626 e. The van der Waals surface area contributed by atoms with Crippen molar-refractivity contribution in [3.8, 4) is 0 Å². The van der Waals surface area contributed by atoms with E-state index in [1.165, 1.54) is 148 Å². The summed E-state index contributed by atoms with van der Waals surface area (Å²) < 4.78 is 0.838. The van der Waals surface area contributed by atoms with E-state index >= 15 is 0 Å². The predicted molar refractivity (Wildman–Crippen MR) is 144 cm³/mol. The quantitative estimate of drug-likeness (QED) is 0.0619. The summed E-state index contributed by atoms with van der Waals surface area (Å²) in [6.07, 6.45) is 33.9. The number of alkyl halides is 2. The lowest BCUT2D eigenvalue weighted by atomic mass is 10.0. The van der Waals surface area contributed by atoms with Crippen LogP contribution in [-0.4, -0.2) is 1.93 Å². The van der Waals surface area contributed by atoms with Gasteiger partial charge in [0, 0.05) is 0 Å². The first kappa shape index (κ1) is 28.5. The molecule has 164 valence electrons. The predicted octanol–water partition coefficient (Wildman–Crippen LogP) is 11.2. The molecule has 0 aliphatic heterocycles. The molecule has 0 aromatic heterocycles. The van der Waals surface area contributed by atoms with Crippen LogP contribution in [0.2, 0.25) is 0 Å². The molecule has 0 bridgehead atoms. The molecule has 0 rings (SSSR count). The van der Waals surface area contributed by atoms with E-state index in [0.29, 0.717) is 0 Å². The maximum atomic E-state index is 2.54. The van der Waals surface area contributed by atoms with Crippen molar-refractivity contribution < 1.29 is 0 Å². The highest BCUT2D eigenvalue weighted by molar-refractivity contribution is 14.2. The van der Waals surface area contributed by atoms with E-state index in [1.54, 1.807) is 0 Å². The lowest BCUT2D eigenvalue weighted by Gasteiger charge is -2.04. The van der Waals surface area contributed by atoms with Crippen LogP contribution in [0.5, 0.6) is 0 Å². The molecule has 0 amide bonds. The van der Waals surface area contributed by atoms with Crippen molar-refractivity contribution in [3.63, 3.8) is 0 Å². The second-order valence-electron chi connectivity index (χ2n) is 8.60. The molecule has 0 aromatic carbocycles. The van der Waals surface area contributed by atoms with Gasteiger partial charge in [0.1, 0.15) is 0 Å². The Kier molecular flexibility index (Phi) is 26.9. The van der Waals surface area contributed by atoms with Gasteiger partial charge in [-0.25, -0.2) is 0 Å². The lowest BCUT2D eigenvalue weighted by molar-refractivity contribution is 0.519. The molecular formula is C25H50I2. The largest absolute Gasteiger partial charge is 0.0710 e. The van der Waals surface area contributed by atoms with Crippen molar-refractivity contribution in [3.05, 3.63) is 0 Å². The minimum absolute atomic E-state index is 0.838. The third-order valence-corrected chi connectivity index (χ3v) is 7.02. The number of hydrogen-bond donors (Lipinski definition) is 0. The first-order valence-electron chi connectivity index (χ1n) is 12.6. The molecule has 0 heterocycles. The molecule has 0 spiro atoms. The molecule has 0 aliphatic carbocycles. The summed E-state index contributed by atoms with van der Waals surface area (Å²) in [5, 5.41) is 0. The standard InChI is InChI=1S/C25H50I2/c1-2-3-4-5-6-7-8-9-10-11-12-13-14-15-16-17-18-19-20-21-22-23-24-25(26)27/h25H,2-24H2,1H3. The summed E-state index contributed by atoms with van der Waals surface area (Å²) in [5.41, 5.74) is 0. The van der Waals surface area contributed by atoms with Crippen LogP contribution in [0.4, 0.5) is 0 Å². The fourth-order valence-electron chi connectivity index (χ4n) is 3.91. The Morgan fingerprint density at radius 3 is 0.815 bits per heavy atom. The van der Waals surface area contributed by atoms with E-state index in [1.807, 2.05) is 0 Å². The summed E-state index contributed by atoms with van der Waals surface area (Å²) in [5.74, 6) is 0. The Morgan fingerprint density at radius 1 is 0.370 bits per heavy atom. The zero-order valence-electron chi connectivity index (χ0n) is 18.6. The molecule has 0 fully saturated rings. The second kappa shape index (κ2) is 25.5. The number of unbranched alkanes of at least 4 members (excludes halogenated alkanes) is 21. The van der Waals surface area contributed by atoms with Crippen LogP contribution in [0.3, 0.4) is 0 Å². The van der Waals surface area contributed by atoms with E-state index in [0.717, 1.165) is 1.93 Å². The van der Waals surface area contributed by atoms with Gasteiger partial charge in [0.2, 0.25) is 0 Å². The van der Waals surface area contributed by atoms with Crippen molar-refractivity contribution in [2.45, 2.75) is 157 Å². The van der Waals surface area contributed by atoms with Gasteiger partial charge in [-0.05, 0) is 6.42 Å². The molecule has 0 aromatic rings. The van der Waals surface area contributed by atoms with Crippen LogP contribution in [0.25, 0.3) is 0 Å². The van der Waals surface area contributed by atoms with Crippen LogP contribution >= 0.6 is 45.2 Å². The third kappa shape index (κ3) is 27.5. The highest BCUT2D eigenvalue weighted by atomic mass is 127. The maximum absolute atomic E-state index is 2.54. The Balaban J connectivity index is 2.97. The number of rotatable bonds is 23. The van der Waals surface area contributed by atoms with Crippen molar-refractivity contribution >= 4 is 45.2 Å². The van der Waals surface area contributed by atoms with Crippen molar-refractivity contribution in [2.75, 3.05) is 0 Å². The van der Waals surface area contributed by atoms with Gasteiger partial charge in [0.25, 0.3) is 0 Å². The molecule has 27 heavy (non-hydrogen) atoms. The van der Waals surface area contributed by atoms with Crippen molar-refractivity contribution in [1.82, 2.24) is 0 Å². The Labute approximate surface area is 200 Å². The summed E-state index contributed by atoms with van der Waals surface area (Å²) in [4.78, 5) is 0. The van der Waals surface area contributed by atoms with Gasteiger partial charge in [-0.1, -0.05) is 193 Å². The van der Waals surface area contributed by atoms with E-state index in [9.17, 15) is 0 Å². The Morgan fingerprint density at radius 2 is 0.593 bits per heavy atom. The van der Waals surface area contributed by atoms with Crippen LogP contribution in [-0.2, 0) is 0 Å². The molecule has 0 atom stereocenters. The molecule has 0 aliphatic rings. The fraction of sp³-hybridized carbons (Fsp3) is 1.00. The van der Waals surface area contributed by atoms with Gasteiger partial charge in [-0.2, -0.15) is 0 Å². The fourth-order valence-corrected chi connectivity index (χ4v) is 4.79. The topological polar surface area (TPSA) is 0 Å². The summed E-state index contributed by atoms with van der Waals surface area (Å²) in [6, 6.07) is 0. The second-order valence-corrected chi connectivity index (χ2v) is 14.0. The van der Waals surface area contributed by atoms with E-state index in [2.05, 4.69) is 52.1 Å². The first-order valence-corrected chi connectivity index (χ1v) is 15.0. The monoisotopic (exact) mass is 604 g/mol. The van der Waals surface area contributed by atoms with Gasteiger partial charge >= 0.3 is 0 Å². The smallest absolute Gasteiger partial charge is 0.0626 e. The average Bonchev–Trinajstić information content (AvgIpc) is 2.65. The molecule has 0 unspecified atom stereocenters. The number of halogens is 2. The Hall–Kier alpha value is 1.46. The Bertz CT molecular complexity index is 253. The van der Waals surface area contributed by atoms with Crippen LogP contribution in [0.1, 0.15) is 155 Å². The van der Waals surface area contributed by atoms with Crippen LogP contribution in [0.15, 0.2) is 0 Å². The van der Waals surface area contributed by atoms with Gasteiger partial charge in [0.05, 0.1) is 1.93 Å². The SMILES string of the molecule is CCCCCCCCCCCCCCCCCCCCCCCCC(I)I. The third-order valence-electron chi connectivity index (χ3n) is 5.78. The van der Waals surface area contributed by atoms with Crippen LogP contribution in [0, 0.1) is 0 Å². The van der Waals surface area contributed by atoms with Crippen LogP contribution < -0.4 is 0 Å². The number of hydrogen-bond acceptors (Lipinski definition) is 0. The molecule has 0 nitrogen and oxygen atoms in total. The highest BCUT2D eigenvalue weighted by Gasteiger charge is 1.98.